The summed E-state index contributed by atoms with van der Waals surface area (Å²) in [5.41, 5.74) is 7.85. The minimum absolute atomic E-state index is 0. The number of nitrogens with two attached hydrogens (primary N) is 1. The molecule has 1 amide bonds. The Morgan fingerprint density at radius 1 is 1.33 bits per heavy atom. The molecule has 0 bridgehead atoms. The van der Waals surface area contributed by atoms with Crippen molar-refractivity contribution in [2.75, 3.05) is 18.4 Å². The molecule has 5 nitrogen and oxygen atoms in total. The fraction of sp³-hybridized carbons (Fsp3) is 0.467. The number of halogens is 1. The third-order valence-corrected chi connectivity index (χ3v) is 3.35. The van der Waals surface area contributed by atoms with Gasteiger partial charge in [-0.2, -0.15) is 0 Å². The molecule has 0 spiro atoms. The van der Waals surface area contributed by atoms with Gasteiger partial charge >= 0.3 is 0 Å². The van der Waals surface area contributed by atoms with Crippen molar-refractivity contribution in [3.8, 4) is 0 Å². The average molecular weight is 402 g/mol. The molecule has 1 aliphatic rings. The lowest BCUT2D eigenvalue weighted by Crippen LogP contribution is -2.40. The number of hydrogen-bond acceptors (Lipinski definition) is 2. The molecule has 116 valence electrons. The number of guanidine groups is 1. The molecule has 6 heteroatoms. The molecule has 3 N–H and O–H groups in total. The number of piperidine rings is 1. The molecule has 1 aromatic rings. The molecule has 2 rings (SSSR count). The van der Waals surface area contributed by atoms with E-state index in [-0.39, 0.29) is 29.9 Å². The standard InChI is InChI=1S/C15H22N4O.HI/c1-12(20)18-14-7-5-6-13(10-14)11-17-15(16)19-8-3-2-4-9-19;/h5-7,10H,2-4,8-9,11H2,1H3,(H2,16,17)(H,18,20);1H. The first-order valence-corrected chi connectivity index (χ1v) is 7.06. The molecule has 1 aromatic carbocycles. The summed E-state index contributed by atoms with van der Waals surface area (Å²) >= 11 is 0. The lowest BCUT2D eigenvalue weighted by atomic mass is 10.1. The largest absolute Gasteiger partial charge is 0.370 e. The quantitative estimate of drug-likeness (QED) is 0.464. The molecule has 1 fully saturated rings. The molecule has 21 heavy (non-hydrogen) atoms. The highest BCUT2D eigenvalue weighted by Crippen LogP contribution is 2.12. The van der Waals surface area contributed by atoms with Gasteiger partial charge in [-0.1, -0.05) is 12.1 Å². The van der Waals surface area contributed by atoms with Gasteiger partial charge < -0.3 is 16.0 Å². The van der Waals surface area contributed by atoms with Gasteiger partial charge in [0, 0.05) is 25.7 Å². The van der Waals surface area contributed by atoms with Gasteiger partial charge in [0.2, 0.25) is 5.91 Å². The summed E-state index contributed by atoms with van der Waals surface area (Å²) in [6.45, 7) is 4.04. The average Bonchev–Trinajstić information content (AvgIpc) is 2.45. The maximum Gasteiger partial charge on any atom is 0.221 e. The van der Waals surface area contributed by atoms with Crippen LogP contribution in [0.1, 0.15) is 31.7 Å². The molecular weight excluding hydrogens is 379 g/mol. The highest BCUT2D eigenvalue weighted by atomic mass is 127. The fourth-order valence-corrected chi connectivity index (χ4v) is 2.35. The Kier molecular flexibility index (Phi) is 7.49. The number of nitrogens with one attached hydrogen (secondary N) is 1. The van der Waals surface area contributed by atoms with Crippen molar-refractivity contribution in [3.63, 3.8) is 0 Å². The summed E-state index contributed by atoms with van der Waals surface area (Å²) in [6, 6.07) is 7.68. The van der Waals surface area contributed by atoms with E-state index in [1.54, 1.807) is 0 Å². The Morgan fingerprint density at radius 2 is 2.05 bits per heavy atom. The molecule has 0 unspecified atom stereocenters. The van der Waals surface area contributed by atoms with E-state index in [0.717, 1.165) is 24.3 Å². The highest BCUT2D eigenvalue weighted by molar-refractivity contribution is 14.0. The third-order valence-electron chi connectivity index (χ3n) is 3.35. The zero-order chi connectivity index (χ0) is 14.4. The summed E-state index contributed by atoms with van der Waals surface area (Å²) in [5, 5.41) is 2.77. The van der Waals surface area contributed by atoms with Gasteiger partial charge in [-0.15, -0.1) is 24.0 Å². The van der Waals surface area contributed by atoms with Gasteiger partial charge in [0.15, 0.2) is 5.96 Å². The van der Waals surface area contributed by atoms with Crippen LogP contribution in [-0.2, 0) is 11.3 Å². The van der Waals surface area contributed by atoms with E-state index in [2.05, 4.69) is 15.2 Å². The normalized spacial score (nSPS) is 15.3. The number of aliphatic imine (C=N–C) groups is 1. The number of amides is 1. The van der Waals surface area contributed by atoms with E-state index in [4.69, 9.17) is 5.73 Å². The number of nitrogens with zero attached hydrogens (tertiary/aromatic N) is 2. The molecule has 1 heterocycles. The smallest absolute Gasteiger partial charge is 0.221 e. The first kappa shape index (κ1) is 17.7. The van der Waals surface area contributed by atoms with E-state index in [1.165, 1.54) is 26.2 Å². The highest BCUT2D eigenvalue weighted by Gasteiger charge is 2.11. The van der Waals surface area contributed by atoms with Crippen LogP contribution < -0.4 is 11.1 Å². The van der Waals surface area contributed by atoms with Gasteiger partial charge in [-0.05, 0) is 37.0 Å². The second-order valence-corrected chi connectivity index (χ2v) is 5.10. The second kappa shape index (κ2) is 8.86. The minimum Gasteiger partial charge on any atom is -0.370 e. The number of rotatable bonds is 3. The molecule has 0 aromatic heterocycles. The Labute approximate surface area is 143 Å². The summed E-state index contributed by atoms with van der Waals surface area (Å²) in [4.78, 5) is 17.6. The first-order chi connectivity index (χ1) is 9.65. The van der Waals surface area contributed by atoms with E-state index >= 15 is 0 Å². The molecule has 0 atom stereocenters. The minimum atomic E-state index is -0.0709. The first-order valence-electron chi connectivity index (χ1n) is 7.06. The van der Waals surface area contributed by atoms with Crippen LogP contribution in [0.5, 0.6) is 0 Å². The monoisotopic (exact) mass is 402 g/mol. The van der Waals surface area contributed by atoms with Gasteiger partial charge in [0.1, 0.15) is 0 Å². The molecule has 1 aliphatic heterocycles. The van der Waals surface area contributed by atoms with Crippen LogP contribution in [0.25, 0.3) is 0 Å². The van der Waals surface area contributed by atoms with Crippen LogP contribution in [0, 0.1) is 0 Å². The maximum absolute atomic E-state index is 11.0. The number of anilines is 1. The zero-order valence-corrected chi connectivity index (χ0v) is 14.7. The molecule has 0 radical (unpaired) electrons. The fourth-order valence-electron chi connectivity index (χ4n) is 2.35. The molecule has 0 saturated carbocycles. The van der Waals surface area contributed by atoms with Crippen molar-refractivity contribution >= 4 is 41.5 Å². The number of carbonyl (C=O) groups is 1. The van der Waals surface area contributed by atoms with Crippen LogP contribution in [-0.4, -0.2) is 29.9 Å². The van der Waals surface area contributed by atoms with Gasteiger partial charge in [-0.25, -0.2) is 4.99 Å². The summed E-state index contributed by atoms with van der Waals surface area (Å²) in [7, 11) is 0. The summed E-state index contributed by atoms with van der Waals surface area (Å²) in [6.07, 6.45) is 3.66. The predicted molar refractivity (Wildman–Crippen MR) is 96.9 cm³/mol. The molecule has 0 aliphatic carbocycles. The zero-order valence-electron chi connectivity index (χ0n) is 12.3. The van der Waals surface area contributed by atoms with Crippen molar-refractivity contribution in [1.82, 2.24) is 4.90 Å². The summed E-state index contributed by atoms with van der Waals surface area (Å²) in [5.74, 6) is 0.549. The van der Waals surface area contributed by atoms with E-state index < -0.39 is 0 Å². The third kappa shape index (κ3) is 5.91. The van der Waals surface area contributed by atoms with Crippen LogP contribution >= 0.6 is 24.0 Å². The lowest BCUT2D eigenvalue weighted by molar-refractivity contribution is -0.114. The predicted octanol–water partition coefficient (Wildman–Crippen LogP) is 2.56. The molecule has 1 saturated heterocycles. The maximum atomic E-state index is 11.0. The second-order valence-electron chi connectivity index (χ2n) is 5.10. The van der Waals surface area contributed by atoms with Crippen molar-refractivity contribution in [1.29, 1.82) is 0 Å². The summed E-state index contributed by atoms with van der Waals surface area (Å²) < 4.78 is 0. The van der Waals surface area contributed by atoms with Crippen LogP contribution in [0.4, 0.5) is 5.69 Å². The van der Waals surface area contributed by atoms with Gasteiger partial charge in [-0.3, -0.25) is 4.79 Å². The Hall–Kier alpha value is -1.31. The lowest BCUT2D eigenvalue weighted by Gasteiger charge is -2.27. The van der Waals surface area contributed by atoms with Crippen LogP contribution in [0.15, 0.2) is 29.3 Å². The van der Waals surface area contributed by atoms with E-state index in [9.17, 15) is 4.79 Å². The van der Waals surface area contributed by atoms with E-state index in [1.807, 2.05) is 24.3 Å². The topological polar surface area (TPSA) is 70.7 Å². The Morgan fingerprint density at radius 3 is 2.71 bits per heavy atom. The van der Waals surface area contributed by atoms with Crippen molar-refractivity contribution in [2.45, 2.75) is 32.7 Å². The number of likely N-dealkylation sites (tertiary alicyclic amines) is 1. The van der Waals surface area contributed by atoms with E-state index in [0.29, 0.717) is 12.5 Å². The van der Waals surface area contributed by atoms with Crippen molar-refractivity contribution in [2.24, 2.45) is 10.7 Å². The van der Waals surface area contributed by atoms with Crippen LogP contribution in [0.2, 0.25) is 0 Å². The number of benzene rings is 1. The Bertz CT molecular complexity index is 498. The van der Waals surface area contributed by atoms with Crippen molar-refractivity contribution in [3.05, 3.63) is 29.8 Å². The molecular formula is C15H23IN4O. The number of carbonyl (C=O) groups excluding carboxylic acids is 1. The SMILES string of the molecule is CC(=O)Nc1cccc(CN=C(N)N2CCCCC2)c1.I. The van der Waals surface area contributed by atoms with Gasteiger partial charge in [0.25, 0.3) is 0 Å². The number of hydrogen-bond donors (Lipinski definition) is 2. The Balaban J connectivity index is 0.00000220. The van der Waals surface area contributed by atoms with Gasteiger partial charge in [0.05, 0.1) is 6.54 Å². The van der Waals surface area contributed by atoms with Crippen LogP contribution in [0.3, 0.4) is 0 Å². The van der Waals surface area contributed by atoms with Crippen molar-refractivity contribution < 1.29 is 4.79 Å².